The summed E-state index contributed by atoms with van der Waals surface area (Å²) in [5.41, 5.74) is 5.93. The van der Waals surface area contributed by atoms with Crippen LogP contribution in [0, 0.1) is 11.8 Å². The van der Waals surface area contributed by atoms with Gasteiger partial charge in [-0.25, -0.2) is 0 Å². The molecule has 0 bridgehead atoms. The van der Waals surface area contributed by atoms with E-state index >= 15 is 0 Å². The number of likely N-dealkylation sites (tertiary alicyclic amines) is 2. The summed E-state index contributed by atoms with van der Waals surface area (Å²) in [4.78, 5) is 16.7. The predicted octanol–water partition coefficient (Wildman–Crippen LogP) is 1.30. The Labute approximate surface area is 117 Å². The first-order valence-electron chi connectivity index (χ1n) is 7.82. The summed E-state index contributed by atoms with van der Waals surface area (Å²) in [6, 6.07) is 0.235. The summed E-state index contributed by atoms with van der Waals surface area (Å²) in [5.74, 6) is 1.75. The number of nitrogens with two attached hydrogens (primary N) is 1. The first kappa shape index (κ1) is 14.8. The maximum absolute atomic E-state index is 12.3. The zero-order valence-corrected chi connectivity index (χ0v) is 12.5. The fourth-order valence-corrected chi connectivity index (χ4v) is 3.67. The van der Waals surface area contributed by atoms with Gasteiger partial charge in [-0.05, 0) is 31.1 Å². The molecular weight excluding hydrogens is 238 g/mol. The van der Waals surface area contributed by atoms with Gasteiger partial charge in [-0.2, -0.15) is 0 Å². The highest BCUT2D eigenvalue weighted by Crippen LogP contribution is 2.24. The molecule has 2 aliphatic rings. The number of piperidine rings is 1. The summed E-state index contributed by atoms with van der Waals surface area (Å²) in [6.07, 6.45) is 4.23. The first-order chi connectivity index (χ1) is 9.10. The van der Waals surface area contributed by atoms with Crippen molar-refractivity contribution in [3.05, 3.63) is 0 Å². The lowest BCUT2D eigenvalue weighted by atomic mass is 9.90. The molecule has 110 valence electrons. The SMILES string of the molecule is CC1CC(C)CN(C(CN)CC(=O)N2CCCC2)C1. The molecule has 1 amide bonds. The van der Waals surface area contributed by atoms with E-state index in [1.165, 1.54) is 6.42 Å². The van der Waals surface area contributed by atoms with Crippen molar-refractivity contribution in [2.75, 3.05) is 32.7 Å². The number of amides is 1. The van der Waals surface area contributed by atoms with E-state index in [-0.39, 0.29) is 6.04 Å². The van der Waals surface area contributed by atoms with Gasteiger partial charge in [0.2, 0.25) is 5.91 Å². The van der Waals surface area contributed by atoms with E-state index in [0.717, 1.165) is 50.9 Å². The standard InChI is InChI=1S/C15H29N3O/c1-12-7-13(2)11-18(10-12)14(9-16)8-15(19)17-5-3-4-6-17/h12-14H,3-11,16H2,1-2H3. The number of hydrogen-bond acceptors (Lipinski definition) is 3. The molecule has 4 heteroatoms. The molecular formula is C15H29N3O. The Hall–Kier alpha value is -0.610. The molecule has 2 rings (SSSR count). The maximum atomic E-state index is 12.3. The molecule has 0 saturated carbocycles. The van der Waals surface area contributed by atoms with Gasteiger partial charge in [0.1, 0.15) is 0 Å². The van der Waals surface area contributed by atoms with Crippen molar-refractivity contribution >= 4 is 5.91 Å². The van der Waals surface area contributed by atoms with Gasteiger partial charge in [-0.3, -0.25) is 9.69 Å². The van der Waals surface area contributed by atoms with Gasteiger partial charge in [-0.1, -0.05) is 13.8 Å². The molecule has 0 aromatic carbocycles. The van der Waals surface area contributed by atoms with Crippen LogP contribution in [0.3, 0.4) is 0 Å². The molecule has 3 atom stereocenters. The van der Waals surface area contributed by atoms with Gasteiger partial charge in [0.15, 0.2) is 0 Å². The van der Waals surface area contributed by atoms with Gasteiger partial charge in [0, 0.05) is 45.2 Å². The van der Waals surface area contributed by atoms with Crippen LogP contribution in [0.15, 0.2) is 0 Å². The molecule has 2 fully saturated rings. The molecule has 0 spiro atoms. The van der Waals surface area contributed by atoms with Crippen LogP contribution in [0.4, 0.5) is 0 Å². The van der Waals surface area contributed by atoms with Crippen LogP contribution in [-0.2, 0) is 4.79 Å². The number of carbonyl (C=O) groups excluding carboxylic acids is 1. The monoisotopic (exact) mass is 267 g/mol. The quantitative estimate of drug-likeness (QED) is 0.835. The van der Waals surface area contributed by atoms with Gasteiger partial charge in [-0.15, -0.1) is 0 Å². The van der Waals surface area contributed by atoms with Crippen LogP contribution in [0.5, 0.6) is 0 Å². The molecule has 2 saturated heterocycles. The van der Waals surface area contributed by atoms with Crippen LogP contribution < -0.4 is 5.73 Å². The number of nitrogens with zero attached hydrogens (tertiary/aromatic N) is 2. The minimum atomic E-state index is 0.235. The van der Waals surface area contributed by atoms with E-state index in [9.17, 15) is 4.79 Å². The summed E-state index contributed by atoms with van der Waals surface area (Å²) >= 11 is 0. The second kappa shape index (κ2) is 6.71. The molecule has 19 heavy (non-hydrogen) atoms. The molecule has 2 N–H and O–H groups in total. The van der Waals surface area contributed by atoms with E-state index in [0.29, 0.717) is 18.9 Å². The second-order valence-electron chi connectivity index (χ2n) is 6.58. The fourth-order valence-electron chi connectivity index (χ4n) is 3.67. The summed E-state index contributed by atoms with van der Waals surface area (Å²) in [6.45, 7) is 9.29. The molecule has 2 heterocycles. The molecule has 2 aliphatic heterocycles. The van der Waals surface area contributed by atoms with E-state index < -0.39 is 0 Å². The molecule has 4 nitrogen and oxygen atoms in total. The zero-order valence-electron chi connectivity index (χ0n) is 12.5. The van der Waals surface area contributed by atoms with Crippen LogP contribution >= 0.6 is 0 Å². The van der Waals surface area contributed by atoms with Crippen LogP contribution in [0.1, 0.15) is 39.5 Å². The van der Waals surface area contributed by atoms with E-state index in [1.807, 2.05) is 4.90 Å². The largest absolute Gasteiger partial charge is 0.343 e. The third-order valence-corrected chi connectivity index (χ3v) is 4.55. The summed E-state index contributed by atoms with van der Waals surface area (Å²) in [5, 5.41) is 0. The van der Waals surface area contributed by atoms with Crippen LogP contribution in [0.25, 0.3) is 0 Å². The van der Waals surface area contributed by atoms with E-state index in [2.05, 4.69) is 18.7 Å². The third kappa shape index (κ3) is 3.93. The van der Waals surface area contributed by atoms with Gasteiger partial charge < -0.3 is 10.6 Å². The van der Waals surface area contributed by atoms with Crippen molar-refractivity contribution < 1.29 is 4.79 Å². The Balaban J connectivity index is 1.89. The van der Waals surface area contributed by atoms with Crippen LogP contribution in [0.2, 0.25) is 0 Å². The Morgan fingerprint density at radius 1 is 1.21 bits per heavy atom. The lowest BCUT2D eigenvalue weighted by Crippen LogP contribution is -2.50. The highest BCUT2D eigenvalue weighted by atomic mass is 16.2. The summed E-state index contributed by atoms with van der Waals surface area (Å²) < 4.78 is 0. The molecule has 0 radical (unpaired) electrons. The molecule has 0 aliphatic carbocycles. The van der Waals surface area contributed by atoms with Crippen LogP contribution in [-0.4, -0.2) is 54.5 Å². The average molecular weight is 267 g/mol. The minimum Gasteiger partial charge on any atom is -0.343 e. The normalized spacial score (nSPS) is 30.6. The van der Waals surface area contributed by atoms with E-state index in [1.54, 1.807) is 0 Å². The Kier molecular flexibility index (Phi) is 5.22. The maximum Gasteiger partial charge on any atom is 0.224 e. The van der Waals surface area contributed by atoms with Gasteiger partial charge >= 0.3 is 0 Å². The molecule has 0 aromatic rings. The van der Waals surface area contributed by atoms with Gasteiger partial charge in [0.05, 0.1) is 0 Å². The summed E-state index contributed by atoms with van der Waals surface area (Å²) in [7, 11) is 0. The zero-order chi connectivity index (χ0) is 13.8. The Morgan fingerprint density at radius 2 is 1.79 bits per heavy atom. The lowest BCUT2D eigenvalue weighted by molar-refractivity contribution is -0.131. The minimum absolute atomic E-state index is 0.235. The number of rotatable bonds is 4. The highest BCUT2D eigenvalue weighted by molar-refractivity contribution is 5.77. The smallest absolute Gasteiger partial charge is 0.224 e. The Bertz CT molecular complexity index is 292. The third-order valence-electron chi connectivity index (χ3n) is 4.55. The van der Waals surface area contributed by atoms with Gasteiger partial charge in [0.25, 0.3) is 0 Å². The lowest BCUT2D eigenvalue weighted by Gasteiger charge is -2.40. The predicted molar refractivity (Wildman–Crippen MR) is 77.8 cm³/mol. The average Bonchev–Trinajstić information content (AvgIpc) is 2.88. The highest BCUT2D eigenvalue weighted by Gasteiger charge is 2.29. The number of carbonyl (C=O) groups is 1. The topological polar surface area (TPSA) is 49.6 Å². The van der Waals surface area contributed by atoms with Crippen molar-refractivity contribution in [2.24, 2.45) is 17.6 Å². The first-order valence-corrected chi connectivity index (χ1v) is 7.82. The number of hydrogen-bond donors (Lipinski definition) is 1. The van der Waals surface area contributed by atoms with Crippen molar-refractivity contribution in [1.82, 2.24) is 9.80 Å². The van der Waals surface area contributed by atoms with Crippen molar-refractivity contribution in [1.29, 1.82) is 0 Å². The Morgan fingerprint density at radius 3 is 2.32 bits per heavy atom. The van der Waals surface area contributed by atoms with Crippen molar-refractivity contribution in [3.63, 3.8) is 0 Å². The van der Waals surface area contributed by atoms with Crippen molar-refractivity contribution in [3.8, 4) is 0 Å². The fraction of sp³-hybridized carbons (Fsp3) is 0.933. The van der Waals surface area contributed by atoms with E-state index in [4.69, 9.17) is 5.73 Å². The molecule has 3 unspecified atom stereocenters. The van der Waals surface area contributed by atoms with Crippen molar-refractivity contribution in [2.45, 2.75) is 45.6 Å². The second-order valence-corrected chi connectivity index (χ2v) is 6.58. The molecule has 0 aromatic heterocycles.